The lowest BCUT2D eigenvalue weighted by Gasteiger charge is -2.35. The van der Waals surface area contributed by atoms with Crippen LogP contribution in [0.4, 0.5) is 0 Å². The van der Waals surface area contributed by atoms with E-state index in [0.717, 1.165) is 12.8 Å². The van der Waals surface area contributed by atoms with E-state index in [-0.39, 0.29) is 16.7 Å². The van der Waals surface area contributed by atoms with Gasteiger partial charge in [-0.2, -0.15) is 0 Å². The lowest BCUT2D eigenvalue weighted by Crippen LogP contribution is -2.37. The zero-order valence-electron chi connectivity index (χ0n) is 8.41. The largest absolute Gasteiger partial charge is 0.411 e. The maximum absolute atomic E-state index is 9.98. The molecule has 0 aromatic carbocycles. The summed E-state index contributed by atoms with van der Waals surface area (Å²) in [6, 6.07) is 0. The SMILES string of the molecule is CC1(C)[C@H]2CC[C@@]1(C)[C@@H](O)/C2=N/O. The van der Waals surface area contributed by atoms with Crippen molar-refractivity contribution in [3.63, 3.8) is 0 Å². The van der Waals surface area contributed by atoms with Crippen molar-refractivity contribution in [2.45, 2.75) is 39.7 Å². The van der Waals surface area contributed by atoms with Gasteiger partial charge in [-0.05, 0) is 18.3 Å². The fourth-order valence-electron chi connectivity index (χ4n) is 3.17. The molecule has 0 heterocycles. The Hall–Kier alpha value is -0.570. The number of aliphatic hydroxyl groups excluding tert-OH is 1. The predicted molar refractivity (Wildman–Crippen MR) is 49.8 cm³/mol. The Morgan fingerprint density at radius 3 is 2.31 bits per heavy atom. The van der Waals surface area contributed by atoms with Crippen LogP contribution in [-0.4, -0.2) is 22.1 Å². The third-order valence-electron chi connectivity index (χ3n) is 4.65. The van der Waals surface area contributed by atoms with Gasteiger partial charge < -0.3 is 10.3 Å². The molecule has 0 radical (unpaired) electrons. The molecule has 2 aliphatic rings. The quantitative estimate of drug-likeness (QED) is 0.443. The van der Waals surface area contributed by atoms with Crippen molar-refractivity contribution in [1.29, 1.82) is 0 Å². The molecule has 3 nitrogen and oxygen atoms in total. The van der Waals surface area contributed by atoms with Crippen molar-refractivity contribution in [2.75, 3.05) is 0 Å². The number of hydrogen-bond acceptors (Lipinski definition) is 3. The molecule has 74 valence electrons. The van der Waals surface area contributed by atoms with Crippen LogP contribution in [0.15, 0.2) is 5.16 Å². The van der Waals surface area contributed by atoms with Crippen molar-refractivity contribution in [3.8, 4) is 0 Å². The summed E-state index contributed by atoms with van der Waals surface area (Å²) in [5.41, 5.74) is 0.562. The Labute approximate surface area is 78.4 Å². The molecule has 0 unspecified atom stereocenters. The Kier molecular flexibility index (Phi) is 1.57. The number of rotatable bonds is 0. The predicted octanol–water partition coefficient (Wildman–Crippen LogP) is 1.63. The molecule has 2 rings (SSSR count). The molecule has 2 aliphatic carbocycles. The maximum Gasteiger partial charge on any atom is 0.102 e. The van der Waals surface area contributed by atoms with Crippen LogP contribution in [0.5, 0.6) is 0 Å². The van der Waals surface area contributed by atoms with Crippen LogP contribution in [0.1, 0.15) is 33.6 Å². The number of nitrogens with zero attached hydrogens (tertiary/aromatic N) is 1. The number of hydrogen-bond donors (Lipinski definition) is 2. The van der Waals surface area contributed by atoms with Crippen LogP contribution in [0.25, 0.3) is 0 Å². The van der Waals surface area contributed by atoms with Gasteiger partial charge in [0, 0.05) is 11.3 Å². The molecule has 0 amide bonds. The maximum atomic E-state index is 9.98. The van der Waals surface area contributed by atoms with Crippen molar-refractivity contribution in [2.24, 2.45) is 21.9 Å². The minimum absolute atomic E-state index is 0.0635. The average Bonchev–Trinajstić information content (AvgIpc) is 2.36. The van der Waals surface area contributed by atoms with E-state index in [1.807, 2.05) is 0 Å². The Balaban J connectivity index is 2.51. The standard InChI is InChI=1S/C10H17NO2/c1-9(2)6-4-5-10(9,3)8(12)7(6)11-13/h6,8,12-13H,4-5H2,1-3H3/b11-7+/t6-,8-,10-/m0/s1. The molecule has 0 spiro atoms. The van der Waals surface area contributed by atoms with Crippen LogP contribution >= 0.6 is 0 Å². The summed E-state index contributed by atoms with van der Waals surface area (Å²) < 4.78 is 0. The lowest BCUT2D eigenvalue weighted by atomic mass is 9.70. The number of fused-ring (bicyclic) bond motifs is 2. The Morgan fingerprint density at radius 2 is 2.00 bits per heavy atom. The van der Waals surface area contributed by atoms with Crippen molar-refractivity contribution < 1.29 is 10.3 Å². The number of aliphatic hydroxyl groups is 1. The summed E-state index contributed by atoms with van der Waals surface area (Å²) in [5, 5.41) is 22.1. The smallest absolute Gasteiger partial charge is 0.102 e. The van der Waals surface area contributed by atoms with Gasteiger partial charge in [0.1, 0.15) is 6.10 Å². The van der Waals surface area contributed by atoms with E-state index in [1.165, 1.54) is 0 Å². The minimum atomic E-state index is -0.550. The second-order valence-electron chi connectivity index (χ2n) is 5.16. The van der Waals surface area contributed by atoms with E-state index in [1.54, 1.807) is 0 Å². The monoisotopic (exact) mass is 183 g/mol. The number of oxime groups is 1. The molecule has 0 aromatic heterocycles. The van der Waals surface area contributed by atoms with Gasteiger partial charge in [0.05, 0.1) is 5.71 Å². The summed E-state index contributed by atoms with van der Waals surface area (Å²) in [7, 11) is 0. The highest BCUT2D eigenvalue weighted by molar-refractivity contribution is 5.95. The first-order chi connectivity index (χ1) is 5.95. The van der Waals surface area contributed by atoms with Gasteiger partial charge in [-0.15, -0.1) is 0 Å². The second kappa shape index (κ2) is 2.27. The molecule has 0 saturated heterocycles. The summed E-state index contributed by atoms with van der Waals surface area (Å²) in [4.78, 5) is 0. The zero-order chi connectivity index (χ0) is 9.85. The molecular formula is C10H17NO2. The van der Waals surface area contributed by atoms with E-state index >= 15 is 0 Å². The Morgan fingerprint density at radius 1 is 1.38 bits per heavy atom. The van der Waals surface area contributed by atoms with E-state index < -0.39 is 6.10 Å². The zero-order valence-corrected chi connectivity index (χ0v) is 8.41. The van der Waals surface area contributed by atoms with Gasteiger partial charge in [-0.25, -0.2) is 0 Å². The van der Waals surface area contributed by atoms with E-state index in [2.05, 4.69) is 25.9 Å². The molecule has 3 atom stereocenters. The van der Waals surface area contributed by atoms with Crippen LogP contribution in [0, 0.1) is 16.7 Å². The molecule has 2 saturated carbocycles. The van der Waals surface area contributed by atoms with E-state index in [9.17, 15) is 5.11 Å². The first-order valence-corrected chi connectivity index (χ1v) is 4.85. The highest BCUT2D eigenvalue weighted by Gasteiger charge is 2.64. The molecule has 2 fully saturated rings. The fraction of sp³-hybridized carbons (Fsp3) is 0.900. The van der Waals surface area contributed by atoms with E-state index in [4.69, 9.17) is 5.21 Å². The molecule has 0 aromatic rings. The highest BCUT2D eigenvalue weighted by atomic mass is 16.4. The van der Waals surface area contributed by atoms with Crippen molar-refractivity contribution in [3.05, 3.63) is 0 Å². The summed E-state index contributed by atoms with van der Waals surface area (Å²) in [5.74, 6) is 0.262. The van der Waals surface area contributed by atoms with Crippen LogP contribution in [0.2, 0.25) is 0 Å². The summed E-state index contributed by atoms with van der Waals surface area (Å²) >= 11 is 0. The average molecular weight is 183 g/mol. The highest BCUT2D eigenvalue weighted by Crippen LogP contribution is 2.64. The second-order valence-corrected chi connectivity index (χ2v) is 5.16. The van der Waals surface area contributed by atoms with Gasteiger partial charge in [-0.3, -0.25) is 0 Å². The normalized spacial score (nSPS) is 50.3. The molecular weight excluding hydrogens is 166 g/mol. The van der Waals surface area contributed by atoms with E-state index in [0.29, 0.717) is 5.71 Å². The molecule has 2 N–H and O–H groups in total. The molecule has 2 bridgehead atoms. The van der Waals surface area contributed by atoms with Gasteiger partial charge in [-0.1, -0.05) is 25.9 Å². The fourth-order valence-corrected chi connectivity index (χ4v) is 3.17. The molecule has 13 heavy (non-hydrogen) atoms. The summed E-state index contributed by atoms with van der Waals surface area (Å²) in [6.45, 7) is 6.41. The van der Waals surface area contributed by atoms with Crippen molar-refractivity contribution in [1.82, 2.24) is 0 Å². The topological polar surface area (TPSA) is 52.8 Å². The third kappa shape index (κ3) is 0.766. The first-order valence-electron chi connectivity index (χ1n) is 4.85. The lowest BCUT2D eigenvalue weighted by molar-refractivity contribution is 0.0332. The van der Waals surface area contributed by atoms with Gasteiger partial charge in [0.2, 0.25) is 0 Å². The van der Waals surface area contributed by atoms with Gasteiger partial charge >= 0.3 is 0 Å². The van der Waals surface area contributed by atoms with Crippen LogP contribution < -0.4 is 0 Å². The van der Waals surface area contributed by atoms with Crippen molar-refractivity contribution >= 4 is 5.71 Å². The van der Waals surface area contributed by atoms with Crippen LogP contribution in [-0.2, 0) is 0 Å². The first kappa shape index (κ1) is 9.00. The third-order valence-corrected chi connectivity index (χ3v) is 4.65. The molecule has 3 heteroatoms. The molecule has 0 aliphatic heterocycles. The van der Waals surface area contributed by atoms with Crippen LogP contribution in [0.3, 0.4) is 0 Å². The minimum Gasteiger partial charge on any atom is -0.411 e. The summed E-state index contributed by atoms with van der Waals surface area (Å²) in [6.07, 6.45) is 1.52. The Bertz CT molecular complexity index is 272. The van der Waals surface area contributed by atoms with Gasteiger partial charge in [0.25, 0.3) is 0 Å². The van der Waals surface area contributed by atoms with Gasteiger partial charge in [0.15, 0.2) is 0 Å².